The molecule has 0 spiro atoms. The number of allylic oxidation sites excluding steroid dienone is 1. The van der Waals surface area contributed by atoms with E-state index < -0.39 is 0 Å². The summed E-state index contributed by atoms with van der Waals surface area (Å²) in [7, 11) is 0. The van der Waals surface area contributed by atoms with Gasteiger partial charge >= 0.3 is 0 Å². The summed E-state index contributed by atoms with van der Waals surface area (Å²) in [6.07, 6.45) is 7.75. The van der Waals surface area contributed by atoms with Crippen molar-refractivity contribution in [2.24, 2.45) is 11.7 Å². The summed E-state index contributed by atoms with van der Waals surface area (Å²) < 4.78 is 0. The molecule has 0 radical (unpaired) electrons. The van der Waals surface area contributed by atoms with Gasteiger partial charge in [-0.1, -0.05) is 30.9 Å². The highest BCUT2D eigenvalue weighted by Crippen LogP contribution is 2.31. The van der Waals surface area contributed by atoms with E-state index in [1.807, 2.05) is 0 Å². The van der Waals surface area contributed by atoms with Gasteiger partial charge in [-0.2, -0.15) is 0 Å². The van der Waals surface area contributed by atoms with E-state index in [0.29, 0.717) is 6.54 Å². The fraction of sp³-hybridized carbons (Fsp3) is 0.778. The molecule has 10 heavy (non-hydrogen) atoms. The lowest BCUT2D eigenvalue weighted by atomic mass is 9.81. The third-order valence-corrected chi connectivity index (χ3v) is 2.30. The highest BCUT2D eigenvalue weighted by molar-refractivity contribution is 5.00. The summed E-state index contributed by atoms with van der Waals surface area (Å²) >= 11 is 0. The second-order valence-electron chi connectivity index (χ2n) is 3.29. The Morgan fingerprint density at radius 2 is 2.30 bits per heavy atom. The van der Waals surface area contributed by atoms with Crippen molar-refractivity contribution >= 4 is 0 Å². The van der Waals surface area contributed by atoms with Crippen LogP contribution < -0.4 is 5.73 Å². The Bertz CT molecular complexity index is 123. The molecule has 1 fully saturated rings. The van der Waals surface area contributed by atoms with Gasteiger partial charge < -0.3 is 5.73 Å². The minimum Gasteiger partial charge on any atom is -0.327 e. The Labute approximate surface area is 63.3 Å². The molecule has 2 N–H and O–H groups in total. The maximum absolute atomic E-state index is 5.39. The normalized spacial score (nSPS) is 20.8. The molecule has 0 bridgehead atoms. The smallest absolute Gasteiger partial charge is 0.0109 e. The highest BCUT2D eigenvalue weighted by atomic mass is 14.5. The van der Waals surface area contributed by atoms with Crippen LogP contribution in [0.15, 0.2) is 11.6 Å². The van der Waals surface area contributed by atoms with E-state index in [2.05, 4.69) is 13.0 Å². The predicted molar refractivity (Wildman–Crippen MR) is 44.8 cm³/mol. The van der Waals surface area contributed by atoms with Crippen LogP contribution >= 0.6 is 0 Å². The van der Waals surface area contributed by atoms with Gasteiger partial charge in [0, 0.05) is 6.54 Å². The lowest BCUT2D eigenvalue weighted by molar-refractivity contribution is 0.313. The second kappa shape index (κ2) is 3.77. The molecule has 0 aliphatic heterocycles. The fourth-order valence-corrected chi connectivity index (χ4v) is 1.44. The molecule has 58 valence electrons. The van der Waals surface area contributed by atoms with Crippen LogP contribution in [0.3, 0.4) is 0 Å². The van der Waals surface area contributed by atoms with Crippen LogP contribution in [0, 0.1) is 5.92 Å². The third kappa shape index (κ3) is 2.14. The van der Waals surface area contributed by atoms with Crippen molar-refractivity contribution < 1.29 is 0 Å². The largest absolute Gasteiger partial charge is 0.327 e. The maximum atomic E-state index is 5.39. The molecule has 0 atom stereocenters. The molecule has 0 aromatic rings. The van der Waals surface area contributed by atoms with Gasteiger partial charge in [-0.25, -0.2) is 0 Å². The van der Waals surface area contributed by atoms with Crippen LogP contribution in [0.4, 0.5) is 0 Å². The van der Waals surface area contributed by atoms with E-state index in [1.165, 1.54) is 31.3 Å². The molecule has 0 saturated heterocycles. The predicted octanol–water partition coefficient (Wildman–Crippen LogP) is 2.08. The minimum atomic E-state index is 0.707. The van der Waals surface area contributed by atoms with E-state index >= 15 is 0 Å². The summed E-state index contributed by atoms with van der Waals surface area (Å²) in [4.78, 5) is 0. The molecule has 1 saturated carbocycles. The average molecular weight is 139 g/mol. The Morgan fingerprint density at radius 1 is 1.60 bits per heavy atom. The number of hydrogen-bond acceptors (Lipinski definition) is 1. The summed E-state index contributed by atoms with van der Waals surface area (Å²) in [5, 5.41) is 0. The fourth-order valence-electron chi connectivity index (χ4n) is 1.44. The van der Waals surface area contributed by atoms with Gasteiger partial charge in [0.25, 0.3) is 0 Å². The summed E-state index contributed by atoms with van der Waals surface area (Å²) in [5.41, 5.74) is 6.87. The van der Waals surface area contributed by atoms with Crippen LogP contribution in [0.2, 0.25) is 0 Å². The number of nitrogens with two attached hydrogens (primary N) is 1. The Hall–Kier alpha value is -0.300. The Morgan fingerprint density at radius 3 is 2.70 bits per heavy atom. The zero-order valence-electron chi connectivity index (χ0n) is 6.77. The lowest BCUT2D eigenvalue weighted by Crippen LogP contribution is -2.11. The van der Waals surface area contributed by atoms with E-state index in [4.69, 9.17) is 5.73 Å². The zero-order valence-corrected chi connectivity index (χ0v) is 6.77. The third-order valence-electron chi connectivity index (χ3n) is 2.30. The van der Waals surface area contributed by atoms with Crippen LogP contribution in [0.5, 0.6) is 0 Å². The molecular formula is C9H17N. The Kier molecular flexibility index (Phi) is 2.94. The van der Waals surface area contributed by atoms with Crippen molar-refractivity contribution in [1.29, 1.82) is 0 Å². The molecule has 1 heteroatoms. The van der Waals surface area contributed by atoms with Gasteiger partial charge in [0.2, 0.25) is 0 Å². The van der Waals surface area contributed by atoms with Crippen LogP contribution in [-0.4, -0.2) is 6.54 Å². The van der Waals surface area contributed by atoms with Gasteiger partial charge in [0.15, 0.2) is 0 Å². The van der Waals surface area contributed by atoms with Crippen molar-refractivity contribution in [2.45, 2.75) is 32.6 Å². The van der Waals surface area contributed by atoms with Crippen LogP contribution in [-0.2, 0) is 0 Å². The molecule has 1 nitrogen and oxygen atoms in total. The van der Waals surface area contributed by atoms with E-state index in [-0.39, 0.29) is 0 Å². The zero-order chi connectivity index (χ0) is 7.40. The quantitative estimate of drug-likeness (QED) is 0.595. The van der Waals surface area contributed by atoms with Gasteiger partial charge in [0.1, 0.15) is 0 Å². The summed E-state index contributed by atoms with van der Waals surface area (Å²) in [6, 6.07) is 0. The van der Waals surface area contributed by atoms with E-state index in [9.17, 15) is 0 Å². The lowest BCUT2D eigenvalue weighted by Gasteiger charge is -2.25. The standard InChI is InChI=1S/C9H17N/c1-8(5-6-10)7-9-3-2-4-9/h5,9H,2-4,6-7,10H2,1H3. The topological polar surface area (TPSA) is 26.0 Å². The first kappa shape index (κ1) is 7.80. The Balaban J connectivity index is 2.16. The minimum absolute atomic E-state index is 0.707. The molecule has 0 heterocycles. The van der Waals surface area contributed by atoms with Crippen LogP contribution in [0.1, 0.15) is 32.6 Å². The molecule has 1 aliphatic rings. The van der Waals surface area contributed by atoms with Crippen LogP contribution in [0.25, 0.3) is 0 Å². The maximum Gasteiger partial charge on any atom is 0.0109 e. The first-order chi connectivity index (χ1) is 4.83. The second-order valence-corrected chi connectivity index (χ2v) is 3.29. The van der Waals surface area contributed by atoms with Gasteiger partial charge in [-0.15, -0.1) is 0 Å². The molecule has 1 rings (SSSR count). The van der Waals surface area contributed by atoms with Crippen molar-refractivity contribution in [1.82, 2.24) is 0 Å². The molecule has 0 amide bonds. The molecular weight excluding hydrogens is 122 g/mol. The molecule has 0 aromatic heterocycles. The van der Waals surface area contributed by atoms with Crippen molar-refractivity contribution in [3.05, 3.63) is 11.6 Å². The van der Waals surface area contributed by atoms with Gasteiger partial charge in [-0.05, 0) is 19.3 Å². The SMILES string of the molecule is CC(=CCN)CC1CCC1. The van der Waals surface area contributed by atoms with Crippen molar-refractivity contribution in [3.8, 4) is 0 Å². The van der Waals surface area contributed by atoms with Gasteiger partial charge in [-0.3, -0.25) is 0 Å². The van der Waals surface area contributed by atoms with Crippen molar-refractivity contribution in [3.63, 3.8) is 0 Å². The monoisotopic (exact) mass is 139 g/mol. The number of rotatable bonds is 3. The highest BCUT2D eigenvalue weighted by Gasteiger charge is 2.16. The van der Waals surface area contributed by atoms with Crippen molar-refractivity contribution in [2.75, 3.05) is 6.54 Å². The average Bonchev–Trinajstić information content (AvgIpc) is 1.80. The molecule has 0 aromatic carbocycles. The summed E-state index contributed by atoms with van der Waals surface area (Å²) in [6.45, 7) is 2.89. The first-order valence-electron chi connectivity index (χ1n) is 4.18. The van der Waals surface area contributed by atoms with Gasteiger partial charge in [0.05, 0.1) is 0 Å². The molecule has 1 aliphatic carbocycles. The molecule has 0 unspecified atom stereocenters. The summed E-state index contributed by atoms with van der Waals surface area (Å²) in [5.74, 6) is 0.989. The van der Waals surface area contributed by atoms with E-state index in [0.717, 1.165) is 5.92 Å². The van der Waals surface area contributed by atoms with E-state index in [1.54, 1.807) is 0 Å². The number of hydrogen-bond donors (Lipinski definition) is 1. The first-order valence-corrected chi connectivity index (χ1v) is 4.18.